The van der Waals surface area contributed by atoms with E-state index in [-0.39, 0.29) is 17.9 Å². The van der Waals surface area contributed by atoms with Gasteiger partial charge in [-0.3, -0.25) is 4.79 Å². The molecule has 1 aromatic heterocycles. The van der Waals surface area contributed by atoms with E-state index in [1.54, 1.807) is 12.3 Å². The predicted octanol–water partition coefficient (Wildman–Crippen LogP) is 4.07. The Bertz CT molecular complexity index is 864. The summed E-state index contributed by atoms with van der Waals surface area (Å²) >= 11 is 0. The first-order chi connectivity index (χ1) is 14.3. The Morgan fingerprint density at radius 3 is 2.34 bits per heavy atom. The van der Waals surface area contributed by atoms with Gasteiger partial charge in [-0.25, -0.2) is 9.97 Å². The van der Waals surface area contributed by atoms with E-state index in [2.05, 4.69) is 34.2 Å². The van der Waals surface area contributed by atoms with Gasteiger partial charge in [-0.2, -0.15) is 0 Å². The van der Waals surface area contributed by atoms with E-state index in [1.165, 1.54) is 6.33 Å². The van der Waals surface area contributed by atoms with Gasteiger partial charge in [0.05, 0.1) is 6.54 Å². The summed E-state index contributed by atoms with van der Waals surface area (Å²) in [7, 11) is 0. The summed E-state index contributed by atoms with van der Waals surface area (Å²) in [5, 5.41) is 0. The van der Waals surface area contributed by atoms with Gasteiger partial charge in [0.2, 0.25) is 11.8 Å². The highest BCUT2D eigenvalue weighted by molar-refractivity contribution is 5.78. The van der Waals surface area contributed by atoms with Crippen molar-refractivity contribution in [2.24, 2.45) is 0 Å². The standard InChI is InChI=1S/C24H25N3O2/c28-24(27-15-7-12-21(17-27)29-23-13-14-25-18-26-23)16-22(19-8-3-1-4-9-19)20-10-5-2-6-11-20/h1-6,8-11,13-14,18,21-22H,7,12,15-17H2/t21-/m1/s1. The van der Waals surface area contributed by atoms with Crippen LogP contribution in [0, 0.1) is 0 Å². The number of hydrogen-bond donors (Lipinski definition) is 0. The molecule has 2 heterocycles. The Hall–Kier alpha value is -3.21. The van der Waals surface area contributed by atoms with Gasteiger partial charge in [0.15, 0.2) is 0 Å². The molecule has 0 aliphatic carbocycles. The molecule has 1 atom stereocenters. The maximum absolute atomic E-state index is 13.2. The molecule has 5 nitrogen and oxygen atoms in total. The van der Waals surface area contributed by atoms with Crippen LogP contribution in [0.3, 0.4) is 0 Å². The number of amides is 1. The monoisotopic (exact) mass is 387 g/mol. The summed E-state index contributed by atoms with van der Waals surface area (Å²) < 4.78 is 5.96. The smallest absolute Gasteiger partial charge is 0.223 e. The first kappa shape index (κ1) is 19.1. The molecule has 1 fully saturated rings. The van der Waals surface area contributed by atoms with E-state index in [1.807, 2.05) is 41.3 Å². The van der Waals surface area contributed by atoms with Gasteiger partial charge in [-0.15, -0.1) is 0 Å². The molecular weight excluding hydrogens is 362 g/mol. The third-order valence-electron chi connectivity index (χ3n) is 5.36. The van der Waals surface area contributed by atoms with Crippen molar-refractivity contribution in [1.29, 1.82) is 0 Å². The van der Waals surface area contributed by atoms with Crippen molar-refractivity contribution in [1.82, 2.24) is 14.9 Å². The van der Waals surface area contributed by atoms with E-state index in [4.69, 9.17) is 4.74 Å². The summed E-state index contributed by atoms with van der Waals surface area (Å²) in [5.41, 5.74) is 2.33. The van der Waals surface area contributed by atoms with E-state index < -0.39 is 0 Å². The molecule has 29 heavy (non-hydrogen) atoms. The van der Waals surface area contributed by atoms with E-state index in [0.29, 0.717) is 18.8 Å². The fourth-order valence-electron chi connectivity index (χ4n) is 3.88. The quantitative estimate of drug-likeness (QED) is 0.640. The van der Waals surface area contributed by atoms with Crippen LogP contribution in [0.2, 0.25) is 0 Å². The lowest BCUT2D eigenvalue weighted by atomic mass is 9.88. The third-order valence-corrected chi connectivity index (χ3v) is 5.36. The number of ether oxygens (including phenoxy) is 1. The third kappa shape index (κ3) is 4.99. The number of hydrogen-bond acceptors (Lipinski definition) is 4. The second-order valence-electron chi connectivity index (χ2n) is 7.35. The molecule has 1 saturated heterocycles. The lowest BCUT2D eigenvalue weighted by Crippen LogP contribution is -2.44. The minimum absolute atomic E-state index is 0.0329. The van der Waals surface area contributed by atoms with Gasteiger partial charge >= 0.3 is 0 Å². The molecule has 0 saturated carbocycles. The highest BCUT2D eigenvalue weighted by atomic mass is 16.5. The highest BCUT2D eigenvalue weighted by Gasteiger charge is 2.27. The molecule has 3 aromatic rings. The van der Waals surface area contributed by atoms with Crippen LogP contribution in [0.4, 0.5) is 0 Å². The summed E-state index contributed by atoms with van der Waals surface area (Å²) in [6.07, 6.45) is 5.42. The fourth-order valence-corrected chi connectivity index (χ4v) is 3.88. The van der Waals surface area contributed by atoms with E-state index in [9.17, 15) is 4.79 Å². The largest absolute Gasteiger partial charge is 0.472 e. The zero-order valence-corrected chi connectivity index (χ0v) is 16.4. The molecule has 1 amide bonds. The summed E-state index contributed by atoms with van der Waals surface area (Å²) in [5.74, 6) is 0.775. The molecule has 2 aromatic carbocycles. The Morgan fingerprint density at radius 2 is 1.72 bits per heavy atom. The first-order valence-electron chi connectivity index (χ1n) is 10.1. The van der Waals surface area contributed by atoms with Crippen molar-refractivity contribution < 1.29 is 9.53 Å². The zero-order chi connectivity index (χ0) is 19.9. The van der Waals surface area contributed by atoms with E-state index >= 15 is 0 Å². The highest BCUT2D eigenvalue weighted by Crippen LogP contribution is 2.29. The maximum atomic E-state index is 13.2. The Morgan fingerprint density at radius 1 is 1.03 bits per heavy atom. The zero-order valence-electron chi connectivity index (χ0n) is 16.4. The predicted molar refractivity (Wildman–Crippen MR) is 112 cm³/mol. The Kier molecular flexibility index (Phi) is 6.15. The van der Waals surface area contributed by atoms with Crippen molar-refractivity contribution in [3.8, 4) is 5.88 Å². The SMILES string of the molecule is O=C(CC(c1ccccc1)c1ccccc1)N1CCC[C@@H](Oc2ccncn2)C1. The normalized spacial score (nSPS) is 16.6. The number of rotatable bonds is 6. The van der Waals surface area contributed by atoms with Crippen LogP contribution in [0.15, 0.2) is 79.3 Å². The fraction of sp³-hybridized carbons (Fsp3) is 0.292. The van der Waals surface area contributed by atoms with Crippen LogP contribution in [0.5, 0.6) is 5.88 Å². The van der Waals surface area contributed by atoms with E-state index in [0.717, 1.165) is 30.5 Å². The van der Waals surface area contributed by atoms with Gasteiger partial charge in [-0.05, 0) is 24.0 Å². The molecule has 0 radical (unpaired) electrons. The number of likely N-dealkylation sites (tertiary alicyclic amines) is 1. The van der Waals surface area contributed by atoms with Gasteiger partial charge in [-0.1, -0.05) is 60.7 Å². The molecule has 5 heteroatoms. The summed E-state index contributed by atoms with van der Waals surface area (Å²) in [6, 6.07) is 22.3. The van der Waals surface area contributed by atoms with Crippen molar-refractivity contribution in [2.45, 2.75) is 31.3 Å². The molecule has 0 bridgehead atoms. The molecular formula is C24H25N3O2. The van der Waals surface area contributed by atoms with Crippen molar-refractivity contribution in [2.75, 3.05) is 13.1 Å². The van der Waals surface area contributed by atoms with Gasteiger partial charge < -0.3 is 9.64 Å². The molecule has 0 spiro atoms. The Balaban J connectivity index is 1.46. The van der Waals surface area contributed by atoms with Crippen LogP contribution in [-0.4, -0.2) is 40.0 Å². The van der Waals surface area contributed by atoms with Gasteiger partial charge in [0.25, 0.3) is 0 Å². The number of piperidine rings is 1. The summed E-state index contributed by atoms with van der Waals surface area (Å²) in [6.45, 7) is 1.37. The average molecular weight is 387 g/mol. The van der Waals surface area contributed by atoms with Crippen molar-refractivity contribution in [3.05, 3.63) is 90.4 Å². The lowest BCUT2D eigenvalue weighted by Gasteiger charge is -2.33. The molecule has 4 rings (SSSR count). The number of benzene rings is 2. The van der Waals surface area contributed by atoms with Crippen LogP contribution in [-0.2, 0) is 4.79 Å². The van der Waals surface area contributed by atoms with Crippen LogP contribution in [0.25, 0.3) is 0 Å². The summed E-state index contributed by atoms with van der Waals surface area (Å²) in [4.78, 5) is 23.2. The lowest BCUT2D eigenvalue weighted by molar-refractivity contribution is -0.134. The number of aromatic nitrogens is 2. The average Bonchev–Trinajstić information content (AvgIpc) is 2.79. The molecule has 1 aliphatic rings. The molecule has 0 unspecified atom stereocenters. The number of carbonyl (C=O) groups excluding carboxylic acids is 1. The number of nitrogens with zero attached hydrogens (tertiary/aromatic N) is 3. The second-order valence-corrected chi connectivity index (χ2v) is 7.35. The van der Waals surface area contributed by atoms with Crippen molar-refractivity contribution in [3.63, 3.8) is 0 Å². The van der Waals surface area contributed by atoms with Gasteiger partial charge in [0.1, 0.15) is 12.4 Å². The van der Waals surface area contributed by atoms with Crippen molar-refractivity contribution >= 4 is 5.91 Å². The number of carbonyl (C=O) groups is 1. The van der Waals surface area contributed by atoms with Gasteiger partial charge in [0, 0.05) is 31.1 Å². The van der Waals surface area contributed by atoms with Crippen LogP contribution in [0.1, 0.15) is 36.3 Å². The topological polar surface area (TPSA) is 55.3 Å². The molecule has 1 aliphatic heterocycles. The molecule has 148 valence electrons. The van der Waals surface area contributed by atoms with Crippen LogP contribution >= 0.6 is 0 Å². The Labute approximate surface area is 171 Å². The molecule has 0 N–H and O–H groups in total. The first-order valence-corrected chi connectivity index (χ1v) is 10.1. The second kappa shape index (κ2) is 9.32. The van der Waals surface area contributed by atoms with Crippen LogP contribution < -0.4 is 4.74 Å². The minimum atomic E-state index is -0.0329. The minimum Gasteiger partial charge on any atom is -0.472 e. The maximum Gasteiger partial charge on any atom is 0.223 e.